The van der Waals surface area contributed by atoms with E-state index in [-0.39, 0.29) is 11.9 Å². The second-order valence-corrected chi connectivity index (χ2v) is 7.26. The van der Waals surface area contributed by atoms with Crippen LogP contribution in [0.15, 0.2) is 64.8 Å². The molecule has 148 valence electrons. The van der Waals surface area contributed by atoms with Crippen molar-refractivity contribution >= 4 is 22.9 Å². The third kappa shape index (κ3) is 3.78. The normalized spacial score (nSPS) is 16.9. The summed E-state index contributed by atoms with van der Waals surface area (Å²) < 4.78 is 19.1. The topological polar surface area (TPSA) is 54.2 Å². The van der Waals surface area contributed by atoms with E-state index < -0.39 is 0 Å². The highest BCUT2D eigenvalue weighted by molar-refractivity contribution is 7.80. The molecular formula is C22H21FN4OS. The number of nitrogens with zero attached hydrogens (tertiary/aromatic N) is 3. The highest BCUT2D eigenvalue weighted by atomic mass is 32.1. The molecule has 1 aliphatic heterocycles. The van der Waals surface area contributed by atoms with E-state index in [0.29, 0.717) is 16.8 Å². The maximum absolute atomic E-state index is 13.5. The van der Waals surface area contributed by atoms with Crippen molar-refractivity contribution in [1.29, 1.82) is 0 Å². The summed E-state index contributed by atoms with van der Waals surface area (Å²) in [6, 6.07) is 15.7. The van der Waals surface area contributed by atoms with Crippen LogP contribution in [0.25, 0.3) is 17.0 Å². The fourth-order valence-corrected chi connectivity index (χ4v) is 3.84. The summed E-state index contributed by atoms with van der Waals surface area (Å²) in [6.45, 7) is 4.87. The van der Waals surface area contributed by atoms with Crippen LogP contribution in [0.5, 0.6) is 0 Å². The van der Waals surface area contributed by atoms with Crippen LogP contribution in [0.1, 0.15) is 37.8 Å². The molecule has 1 unspecified atom stereocenters. The zero-order valence-corrected chi connectivity index (χ0v) is 17.0. The van der Waals surface area contributed by atoms with E-state index in [0.717, 1.165) is 35.4 Å². The molecular weight excluding hydrogens is 387 g/mol. The van der Waals surface area contributed by atoms with Gasteiger partial charge in [0.25, 0.3) is 5.89 Å². The molecule has 2 aromatic carbocycles. The predicted molar refractivity (Wildman–Crippen MR) is 114 cm³/mol. The first-order valence-electron chi connectivity index (χ1n) is 9.52. The molecule has 0 amide bonds. The summed E-state index contributed by atoms with van der Waals surface area (Å²) in [4.78, 5) is 6.69. The third-order valence-corrected chi connectivity index (χ3v) is 5.27. The number of halogens is 1. The molecule has 0 aliphatic carbocycles. The van der Waals surface area contributed by atoms with Crippen LogP contribution in [0.4, 0.5) is 4.39 Å². The molecule has 29 heavy (non-hydrogen) atoms. The predicted octanol–water partition coefficient (Wildman–Crippen LogP) is 4.95. The van der Waals surface area contributed by atoms with Crippen molar-refractivity contribution in [3.05, 3.63) is 77.6 Å². The van der Waals surface area contributed by atoms with Crippen molar-refractivity contribution in [3.63, 3.8) is 0 Å². The molecule has 3 aromatic rings. The molecule has 1 aliphatic rings. The molecule has 4 rings (SSSR count). The largest absolute Gasteiger partial charge is 0.351 e. The fourth-order valence-electron chi connectivity index (χ4n) is 3.49. The molecule has 0 spiro atoms. The number of benzene rings is 2. The van der Waals surface area contributed by atoms with E-state index in [4.69, 9.17) is 16.7 Å². The van der Waals surface area contributed by atoms with Gasteiger partial charge in [-0.2, -0.15) is 4.98 Å². The van der Waals surface area contributed by atoms with E-state index in [1.54, 1.807) is 12.1 Å². The van der Waals surface area contributed by atoms with Crippen LogP contribution in [-0.2, 0) is 0 Å². The van der Waals surface area contributed by atoms with Gasteiger partial charge in [-0.15, -0.1) is 0 Å². The Labute approximate surface area is 174 Å². The van der Waals surface area contributed by atoms with Gasteiger partial charge in [0, 0.05) is 17.8 Å². The van der Waals surface area contributed by atoms with E-state index in [9.17, 15) is 4.39 Å². The first-order valence-corrected chi connectivity index (χ1v) is 9.93. The standard InChI is InChI=1S/C22H21FN4OS/c1-3-13-27-14(2)18(19(24-22(27)29)15-9-11-17(23)12-10-15)21-25-20(26-28-21)16-7-5-4-6-8-16/h4-12,19H,3,13H2,1-2H3,(H,24,29). The minimum absolute atomic E-state index is 0.286. The van der Waals surface area contributed by atoms with Gasteiger partial charge < -0.3 is 14.7 Å². The Hall–Kier alpha value is -3.06. The van der Waals surface area contributed by atoms with Gasteiger partial charge in [-0.1, -0.05) is 54.5 Å². The minimum Gasteiger partial charge on any atom is -0.351 e. The molecule has 1 aromatic heterocycles. The van der Waals surface area contributed by atoms with Gasteiger partial charge in [0.1, 0.15) is 5.82 Å². The van der Waals surface area contributed by atoms with Crippen LogP contribution >= 0.6 is 12.2 Å². The Morgan fingerprint density at radius 1 is 1.14 bits per heavy atom. The first kappa shape index (κ1) is 19.3. The Kier molecular flexibility index (Phi) is 5.40. The summed E-state index contributed by atoms with van der Waals surface area (Å²) in [7, 11) is 0. The molecule has 7 heteroatoms. The molecule has 0 saturated carbocycles. The van der Waals surface area contributed by atoms with Gasteiger partial charge in [0.2, 0.25) is 5.82 Å². The summed E-state index contributed by atoms with van der Waals surface area (Å²) in [5.41, 5.74) is 3.55. The third-order valence-electron chi connectivity index (χ3n) is 4.94. The second kappa shape index (κ2) is 8.13. The average molecular weight is 409 g/mol. The Morgan fingerprint density at radius 2 is 1.86 bits per heavy atom. The van der Waals surface area contributed by atoms with Gasteiger partial charge in [-0.05, 0) is 43.3 Å². The summed E-state index contributed by atoms with van der Waals surface area (Å²) in [5, 5.41) is 8.16. The molecule has 1 N–H and O–H groups in total. The van der Waals surface area contributed by atoms with Crippen LogP contribution in [0, 0.1) is 5.82 Å². The van der Waals surface area contributed by atoms with E-state index in [1.807, 2.05) is 42.2 Å². The average Bonchev–Trinajstić information content (AvgIpc) is 3.22. The van der Waals surface area contributed by atoms with Gasteiger partial charge in [0.05, 0.1) is 11.6 Å². The van der Waals surface area contributed by atoms with E-state index in [1.165, 1.54) is 12.1 Å². The lowest BCUT2D eigenvalue weighted by atomic mass is 9.94. The van der Waals surface area contributed by atoms with Gasteiger partial charge in [-0.25, -0.2) is 4.39 Å². The SMILES string of the molecule is CCCN1C(=S)NC(c2ccc(F)cc2)C(c2nc(-c3ccccc3)no2)=C1C. The Bertz CT molecular complexity index is 1050. The zero-order chi connectivity index (χ0) is 20.4. The summed E-state index contributed by atoms with van der Waals surface area (Å²) >= 11 is 5.60. The monoisotopic (exact) mass is 408 g/mol. The number of nitrogens with one attached hydrogen (secondary N) is 1. The molecule has 0 radical (unpaired) electrons. The van der Waals surface area contributed by atoms with Crippen LogP contribution in [-0.4, -0.2) is 26.7 Å². The lowest BCUT2D eigenvalue weighted by Gasteiger charge is -2.37. The first-order chi connectivity index (χ1) is 14.1. The number of thiocarbonyl (C=S) groups is 1. The van der Waals surface area contributed by atoms with Gasteiger partial charge in [0.15, 0.2) is 5.11 Å². The van der Waals surface area contributed by atoms with Crippen molar-refractivity contribution in [2.24, 2.45) is 0 Å². The van der Waals surface area contributed by atoms with Crippen LogP contribution in [0.2, 0.25) is 0 Å². The van der Waals surface area contributed by atoms with Crippen molar-refractivity contribution in [2.45, 2.75) is 26.3 Å². The van der Waals surface area contributed by atoms with Crippen LogP contribution in [0.3, 0.4) is 0 Å². The number of rotatable bonds is 5. The number of allylic oxidation sites excluding steroid dienone is 1. The number of hydrogen-bond acceptors (Lipinski definition) is 4. The molecule has 1 atom stereocenters. The highest BCUT2D eigenvalue weighted by Crippen LogP contribution is 2.37. The van der Waals surface area contributed by atoms with Gasteiger partial charge in [-0.3, -0.25) is 0 Å². The number of hydrogen-bond donors (Lipinski definition) is 1. The zero-order valence-electron chi connectivity index (χ0n) is 16.2. The quantitative estimate of drug-likeness (QED) is 0.603. The lowest BCUT2D eigenvalue weighted by molar-refractivity contribution is 0.396. The van der Waals surface area contributed by atoms with Crippen LogP contribution < -0.4 is 5.32 Å². The molecule has 0 saturated heterocycles. The molecule has 5 nitrogen and oxygen atoms in total. The summed E-state index contributed by atoms with van der Waals surface area (Å²) in [5.74, 6) is 0.659. The molecule has 2 heterocycles. The van der Waals surface area contributed by atoms with Crippen molar-refractivity contribution in [1.82, 2.24) is 20.4 Å². The smallest absolute Gasteiger partial charge is 0.258 e. The summed E-state index contributed by atoms with van der Waals surface area (Å²) in [6.07, 6.45) is 0.937. The Morgan fingerprint density at radius 3 is 2.55 bits per heavy atom. The Balaban J connectivity index is 1.81. The van der Waals surface area contributed by atoms with Crippen molar-refractivity contribution in [3.8, 4) is 11.4 Å². The van der Waals surface area contributed by atoms with E-state index in [2.05, 4.69) is 22.4 Å². The minimum atomic E-state index is -0.305. The molecule has 0 bridgehead atoms. The van der Waals surface area contributed by atoms with Crippen molar-refractivity contribution in [2.75, 3.05) is 6.54 Å². The molecule has 0 fully saturated rings. The highest BCUT2D eigenvalue weighted by Gasteiger charge is 2.33. The lowest BCUT2D eigenvalue weighted by Crippen LogP contribution is -2.46. The van der Waals surface area contributed by atoms with Crippen molar-refractivity contribution < 1.29 is 8.91 Å². The number of aromatic nitrogens is 2. The van der Waals surface area contributed by atoms with E-state index >= 15 is 0 Å². The van der Waals surface area contributed by atoms with Gasteiger partial charge >= 0.3 is 0 Å². The fraction of sp³-hybridized carbons (Fsp3) is 0.227. The maximum Gasteiger partial charge on any atom is 0.258 e. The maximum atomic E-state index is 13.5. The second-order valence-electron chi connectivity index (χ2n) is 6.87.